The molecule has 1 fully saturated rings. The van der Waals surface area contributed by atoms with E-state index in [9.17, 15) is 4.79 Å². The molecule has 1 rings (SSSR count). The van der Waals surface area contributed by atoms with Gasteiger partial charge in [-0.3, -0.25) is 4.79 Å². The van der Waals surface area contributed by atoms with Crippen LogP contribution in [-0.4, -0.2) is 24.2 Å². The number of amides is 1. The predicted molar refractivity (Wildman–Crippen MR) is 51.2 cm³/mol. The SMILES string of the molecule is CC(CCO)CNC(=O)CC1CC1. The van der Waals surface area contributed by atoms with E-state index in [4.69, 9.17) is 5.11 Å². The van der Waals surface area contributed by atoms with Gasteiger partial charge in [-0.25, -0.2) is 0 Å². The minimum Gasteiger partial charge on any atom is -0.396 e. The van der Waals surface area contributed by atoms with Crippen LogP contribution >= 0.6 is 0 Å². The second-order valence-electron chi connectivity index (χ2n) is 4.07. The molecule has 0 aliphatic heterocycles. The van der Waals surface area contributed by atoms with Crippen molar-refractivity contribution in [3.63, 3.8) is 0 Å². The molecule has 0 heterocycles. The highest BCUT2D eigenvalue weighted by molar-refractivity contribution is 5.76. The number of hydrogen-bond acceptors (Lipinski definition) is 2. The van der Waals surface area contributed by atoms with E-state index in [0.29, 0.717) is 24.8 Å². The topological polar surface area (TPSA) is 49.3 Å². The number of hydrogen-bond donors (Lipinski definition) is 2. The maximum Gasteiger partial charge on any atom is 0.220 e. The molecule has 0 spiro atoms. The van der Waals surface area contributed by atoms with Gasteiger partial charge in [-0.2, -0.15) is 0 Å². The molecule has 0 saturated heterocycles. The molecule has 1 saturated carbocycles. The van der Waals surface area contributed by atoms with Crippen molar-refractivity contribution in [3.05, 3.63) is 0 Å². The molecule has 1 atom stereocenters. The molecule has 3 heteroatoms. The molecule has 0 aromatic carbocycles. The summed E-state index contributed by atoms with van der Waals surface area (Å²) in [5.74, 6) is 1.22. The summed E-state index contributed by atoms with van der Waals surface area (Å²) in [6.45, 7) is 2.94. The Balaban J connectivity index is 1.99. The molecular formula is C10H19NO2. The molecule has 3 nitrogen and oxygen atoms in total. The van der Waals surface area contributed by atoms with Crippen molar-refractivity contribution in [1.29, 1.82) is 0 Å². The van der Waals surface area contributed by atoms with Crippen molar-refractivity contribution in [3.8, 4) is 0 Å². The second-order valence-corrected chi connectivity index (χ2v) is 4.07. The fourth-order valence-corrected chi connectivity index (χ4v) is 1.27. The Kier molecular flexibility index (Phi) is 4.22. The Morgan fingerprint density at radius 3 is 2.85 bits per heavy atom. The van der Waals surface area contributed by atoms with E-state index in [2.05, 4.69) is 5.32 Å². The maximum absolute atomic E-state index is 11.2. The first kappa shape index (κ1) is 10.5. The number of carbonyl (C=O) groups excluding carboxylic acids is 1. The van der Waals surface area contributed by atoms with Crippen molar-refractivity contribution in [2.45, 2.75) is 32.6 Å². The Bertz CT molecular complexity index is 166. The van der Waals surface area contributed by atoms with Crippen LogP contribution < -0.4 is 5.32 Å². The Hall–Kier alpha value is -0.570. The highest BCUT2D eigenvalue weighted by Crippen LogP contribution is 2.32. The number of aliphatic hydroxyl groups is 1. The average molecular weight is 185 g/mol. The van der Waals surface area contributed by atoms with E-state index in [0.717, 1.165) is 6.42 Å². The van der Waals surface area contributed by atoms with Gasteiger partial charge >= 0.3 is 0 Å². The summed E-state index contributed by atoms with van der Waals surface area (Å²) in [6.07, 6.45) is 3.91. The fraction of sp³-hybridized carbons (Fsp3) is 0.900. The van der Waals surface area contributed by atoms with E-state index in [1.54, 1.807) is 0 Å². The molecular weight excluding hydrogens is 166 g/mol. The van der Waals surface area contributed by atoms with E-state index in [1.807, 2.05) is 6.92 Å². The molecule has 0 aromatic heterocycles. The molecule has 76 valence electrons. The first-order valence-electron chi connectivity index (χ1n) is 5.10. The third-order valence-corrected chi connectivity index (χ3v) is 2.44. The van der Waals surface area contributed by atoms with Gasteiger partial charge in [0.2, 0.25) is 5.91 Å². The molecule has 1 aliphatic rings. The molecule has 0 aromatic rings. The lowest BCUT2D eigenvalue weighted by atomic mass is 10.1. The van der Waals surface area contributed by atoms with Crippen LogP contribution in [0.3, 0.4) is 0 Å². The van der Waals surface area contributed by atoms with Gasteiger partial charge in [0.15, 0.2) is 0 Å². The summed E-state index contributed by atoms with van der Waals surface area (Å²) >= 11 is 0. The van der Waals surface area contributed by atoms with Crippen LogP contribution in [0.1, 0.15) is 32.6 Å². The quantitative estimate of drug-likeness (QED) is 0.646. The van der Waals surface area contributed by atoms with Crippen molar-refractivity contribution in [2.24, 2.45) is 11.8 Å². The first-order chi connectivity index (χ1) is 6.22. The van der Waals surface area contributed by atoms with E-state index >= 15 is 0 Å². The summed E-state index contributed by atoms with van der Waals surface area (Å²) in [5.41, 5.74) is 0. The van der Waals surface area contributed by atoms with Gasteiger partial charge in [0.25, 0.3) is 0 Å². The molecule has 0 radical (unpaired) electrons. The summed E-state index contributed by atoms with van der Waals surface area (Å²) in [5, 5.41) is 11.5. The summed E-state index contributed by atoms with van der Waals surface area (Å²) in [7, 11) is 0. The van der Waals surface area contributed by atoms with Crippen LogP contribution in [0.2, 0.25) is 0 Å². The lowest BCUT2D eigenvalue weighted by Crippen LogP contribution is -2.28. The van der Waals surface area contributed by atoms with Crippen LogP contribution in [0.4, 0.5) is 0 Å². The third-order valence-electron chi connectivity index (χ3n) is 2.44. The molecule has 1 amide bonds. The minimum absolute atomic E-state index is 0.173. The molecule has 0 bridgehead atoms. The molecule has 13 heavy (non-hydrogen) atoms. The van der Waals surface area contributed by atoms with Crippen LogP contribution in [0.5, 0.6) is 0 Å². The van der Waals surface area contributed by atoms with Crippen molar-refractivity contribution in [2.75, 3.05) is 13.2 Å². The fourth-order valence-electron chi connectivity index (χ4n) is 1.27. The van der Waals surface area contributed by atoms with E-state index in [1.165, 1.54) is 12.8 Å². The van der Waals surface area contributed by atoms with Gasteiger partial charge in [-0.05, 0) is 31.1 Å². The number of carbonyl (C=O) groups is 1. The van der Waals surface area contributed by atoms with E-state index < -0.39 is 0 Å². The van der Waals surface area contributed by atoms with Crippen molar-refractivity contribution >= 4 is 5.91 Å². The van der Waals surface area contributed by atoms with Gasteiger partial charge in [-0.1, -0.05) is 6.92 Å². The summed E-state index contributed by atoms with van der Waals surface area (Å²) in [6, 6.07) is 0. The lowest BCUT2D eigenvalue weighted by Gasteiger charge is -2.10. The first-order valence-corrected chi connectivity index (χ1v) is 5.10. The summed E-state index contributed by atoms with van der Waals surface area (Å²) < 4.78 is 0. The zero-order valence-corrected chi connectivity index (χ0v) is 8.25. The normalized spacial score (nSPS) is 18.3. The smallest absolute Gasteiger partial charge is 0.220 e. The molecule has 1 aliphatic carbocycles. The predicted octanol–water partition coefficient (Wildman–Crippen LogP) is 0.921. The second kappa shape index (κ2) is 5.22. The number of rotatable bonds is 6. The van der Waals surface area contributed by atoms with Gasteiger partial charge < -0.3 is 10.4 Å². The van der Waals surface area contributed by atoms with Crippen molar-refractivity contribution < 1.29 is 9.90 Å². The highest BCUT2D eigenvalue weighted by Gasteiger charge is 2.24. The Morgan fingerprint density at radius 1 is 1.62 bits per heavy atom. The van der Waals surface area contributed by atoms with Crippen LogP contribution in [-0.2, 0) is 4.79 Å². The van der Waals surface area contributed by atoms with Crippen LogP contribution in [0, 0.1) is 11.8 Å². The Labute approximate surface area is 79.5 Å². The standard InChI is InChI=1S/C10H19NO2/c1-8(4-5-12)7-11-10(13)6-9-2-3-9/h8-9,12H,2-7H2,1H3,(H,11,13). The van der Waals surface area contributed by atoms with Crippen LogP contribution in [0.15, 0.2) is 0 Å². The third kappa shape index (κ3) is 4.88. The van der Waals surface area contributed by atoms with Gasteiger partial charge in [0, 0.05) is 19.6 Å². The van der Waals surface area contributed by atoms with Gasteiger partial charge in [0.1, 0.15) is 0 Å². The summed E-state index contributed by atoms with van der Waals surface area (Å²) in [4.78, 5) is 11.2. The monoisotopic (exact) mass is 185 g/mol. The van der Waals surface area contributed by atoms with Crippen LogP contribution in [0.25, 0.3) is 0 Å². The zero-order chi connectivity index (χ0) is 9.68. The maximum atomic E-state index is 11.2. The zero-order valence-electron chi connectivity index (χ0n) is 8.25. The molecule has 2 N–H and O–H groups in total. The van der Waals surface area contributed by atoms with Gasteiger partial charge in [-0.15, -0.1) is 0 Å². The number of nitrogens with one attached hydrogen (secondary N) is 1. The molecule has 1 unspecified atom stereocenters. The minimum atomic E-state index is 0.173. The highest BCUT2D eigenvalue weighted by atomic mass is 16.3. The number of aliphatic hydroxyl groups excluding tert-OH is 1. The Morgan fingerprint density at radius 2 is 2.31 bits per heavy atom. The van der Waals surface area contributed by atoms with E-state index in [-0.39, 0.29) is 12.5 Å². The lowest BCUT2D eigenvalue weighted by molar-refractivity contribution is -0.121. The largest absolute Gasteiger partial charge is 0.396 e. The van der Waals surface area contributed by atoms with Gasteiger partial charge in [0.05, 0.1) is 0 Å². The average Bonchev–Trinajstić information content (AvgIpc) is 2.85. The van der Waals surface area contributed by atoms with Crippen molar-refractivity contribution in [1.82, 2.24) is 5.32 Å².